The van der Waals surface area contributed by atoms with Crippen LogP contribution in [0.3, 0.4) is 0 Å². The van der Waals surface area contributed by atoms with Crippen LogP contribution in [-0.4, -0.2) is 41.6 Å². The molecule has 2 unspecified atom stereocenters. The van der Waals surface area contributed by atoms with E-state index in [9.17, 15) is 4.39 Å². The molecule has 6 nitrogen and oxygen atoms in total. The fourth-order valence-corrected chi connectivity index (χ4v) is 6.15. The van der Waals surface area contributed by atoms with Crippen LogP contribution in [0.2, 0.25) is 0 Å². The summed E-state index contributed by atoms with van der Waals surface area (Å²) in [6, 6.07) is 8.72. The molecule has 2 atom stereocenters. The molecule has 2 bridgehead atoms. The predicted octanol–water partition coefficient (Wildman–Crippen LogP) is 5.39. The number of nitrogen functional groups attached to an aromatic ring is 1. The van der Waals surface area contributed by atoms with E-state index in [1.165, 1.54) is 38.3 Å². The molecular weight excluding hydrogens is 532 g/mol. The number of alkyl halides is 1. The van der Waals surface area contributed by atoms with Crippen molar-refractivity contribution >= 4 is 50.7 Å². The molecule has 1 saturated heterocycles. The zero-order valence-corrected chi connectivity index (χ0v) is 20.9. The number of nitrogens with two attached hydrogens (primary N) is 1. The molecule has 1 aliphatic heterocycles. The molecule has 0 amide bonds. The normalized spacial score (nSPS) is 22.6. The number of hydrogen-bond acceptors (Lipinski definition) is 6. The minimum atomic E-state index is -0.207. The van der Waals surface area contributed by atoms with E-state index in [0.29, 0.717) is 33.9 Å². The van der Waals surface area contributed by atoms with Gasteiger partial charge >= 0.3 is 0 Å². The van der Waals surface area contributed by atoms with Gasteiger partial charge in [-0.25, -0.2) is 14.4 Å². The Hall–Kier alpha value is -2.20. The van der Waals surface area contributed by atoms with Gasteiger partial charge in [0.05, 0.1) is 17.8 Å². The second-order valence-corrected chi connectivity index (χ2v) is 10.1. The van der Waals surface area contributed by atoms with Gasteiger partial charge in [-0.3, -0.25) is 0 Å². The van der Waals surface area contributed by atoms with Gasteiger partial charge in [-0.15, -0.1) is 0 Å². The van der Waals surface area contributed by atoms with E-state index in [4.69, 9.17) is 10.5 Å². The molecule has 174 valence electrons. The lowest BCUT2D eigenvalue weighted by atomic mass is 9.83. The maximum Gasteiger partial charge on any atom is 0.144 e. The van der Waals surface area contributed by atoms with E-state index in [1.54, 1.807) is 12.1 Å². The van der Waals surface area contributed by atoms with Crippen molar-refractivity contribution in [2.45, 2.75) is 23.7 Å². The summed E-state index contributed by atoms with van der Waals surface area (Å²) < 4.78 is 20.6. The van der Waals surface area contributed by atoms with Crippen LogP contribution < -0.4 is 15.8 Å². The molecule has 2 aromatic carbocycles. The number of likely N-dealkylation sites (tertiary alicyclic amines) is 1. The molecule has 0 radical (unpaired) electrons. The Kier molecular flexibility index (Phi) is 6.56. The summed E-state index contributed by atoms with van der Waals surface area (Å²) in [7, 11) is 2.23. The van der Waals surface area contributed by atoms with Crippen LogP contribution in [0, 0.1) is 23.6 Å². The molecule has 2 heterocycles. The van der Waals surface area contributed by atoms with Gasteiger partial charge in [-0.05, 0) is 73.9 Å². The van der Waals surface area contributed by atoms with Crippen molar-refractivity contribution in [1.29, 1.82) is 0 Å². The number of hydrogen-bond donors (Lipinski definition) is 2. The summed E-state index contributed by atoms with van der Waals surface area (Å²) in [6.07, 6.45) is 5.28. The Labute approximate surface area is 207 Å². The van der Waals surface area contributed by atoms with E-state index in [0.717, 1.165) is 40.8 Å². The summed E-state index contributed by atoms with van der Waals surface area (Å²) in [5.74, 6) is 3.44. The lowest BCUT2D eigenvalue weighted by molar-refractivity contribution is 0.112. The van der Waals surface area contributed by atoms with Gasteiger partial charge in [-0.1, -0.05) is 22.6 Å². The minimum Gasteiger partial charge on any atom is -0.491 e. The van der Waals surface area contributed by atoms with E-state index < -0.39 is 0 Å². The molecule has 0 spiro atoms. The van der Waals surface area contributed by atoms with Crippen LogP contribution in [-0.2, 0) is 4.43 Å². The molecule has 3 aromatic rings. The SMILES string of the molecule is CN1CC2CCC(C1)C2CCOc1cc2ncnc(Nc3ccc(F)c(CI)c3)c2cc1N. The zero-order valence-electron chi connectivity index (χ0n) is 18.7. The van der Waals surface area contributed by atoms with Crippen molar-refractivity contribution in [2.24, 2.45) is 17.8 Å². The summed E-state index contributed by atoms with van der Waals surface area (Å²) in [6.45, 7) is 3.08. The summed E-state index contributed by atoms with van der Waals surface area (Å²) in [5.41, 5.74) is 9.10. The Morgan fingerprint density at radius 3 is 2.73 bits per heavy atom. The Morgan fingerprint density at radius 1 is 1.18 bits per heavy atom. The highest BCUT2D eigenvalue weighted by atomic mass is 127. The van der Waals surface area contributed by atoms with Crippen molar-refractivity contribution in [1.82, 2.24) is 14.9 Å². The van der Waals surface area contributed by atoms with Crippen LogP contribution in [0.1, 0.15) is 24.8 Å². The Bertz CT molecular complexity index is 1150. The largest absolute Gasteiger partial charge is 0.491 e. The van der Waals surface area contributed by atoms with Gasteiger partial charge in [-0.2, -0.15) is 0 Å². The molecule has 33 heavy (non-hydrogen) atoms. The van der Waals surface area contributed by atoms with Crippen LogP contribution >= 0.6 is 22.6 Å². The molecule has 1 aliphatic carbocycles. The minimum absolute atomic E-state index is 0.207. The second-order valence-electron chi connectivity index (χ2n) is 9.31. The van der Waals surface area contributed by atoms with Gasteiger partial charge in [0.15, 0.2) is 0 Å². The molecule has 1 saturated carbocycles. The molecular formula is C25H29FIN5O. The highest BCUT2D eigenvalue weighted by molar-refractivity contribution is 14.1. The fraction of sp³-hybridized carbons (Fsp3) is 0.440. The Balaban J connectivity index is 1.30. The quantitative estimate of drug-likeness (QED) is 0.229. The zero-order chi connectivity index (χ0) is 22.9. The molecule has 5 rings (SSSR count). The van der Waals surface area contributed by atoms with Crippen molar-refractivity contribution in [2.75, 3.05) is 37.8 Å². The van der Waals surface area contributed by atoms with E-state index in [1.807, 2.05) is 12.1 Å². The summed E-state index contributed by atoms with van der Waals surface area (Å²) in [5, 5.41) is 4.08. The van der Waals surface area contributed by atoms with Crippen molar-refractivity contribution < 1.29 is 9.13 Å². The number of piperidine rings is 1. The third-order valence-electron chi connectivity index (χ3n) is 7.14. The van der Waals surface area contributed by atoms with Crippen molar-refractivity contribution in [3.63, 3.8) is 0 Å². The predicted molar refractivity (Wildman–Crippen MR) is 139 cm³/mol. The Morgan fingerprint density at radius 2 is 1.97 bits per heavy atom. The number of halogens is 2. The smallest absolute Gasteiger partial charge is 0.144 e. The van der Waals surface area contributed by atoms with Crippen LogP contribution in [0.15, 0.2) is 36.7 Å². The molecule has 8 heteroatoms. The average Bonchev–Trinajstić information content (AvgIpc) is 3.04. The number of fused-ring (bicyclic) bond motifs is 3. The van der Waals surface area contributed by atoms with Gasteiger partial charge in [0, 0.05) is 34.7 Å². The lowest BCUT2D eigenvalue weighted by Gasteiger charge is -2.36. The van der Waals surface area contributed by atoms with Crippen molar-refractivity contribution in [3.8, 4) is 5.75 Å². The van der Waals surface area contributed by atoms with E-state index >= 15 is 0 Å². The lowest BCUT2D eigenvalue weighted by Crippen LogP contribution is -2.39. The topological polar surface area (TPSA) is 76.3 Å². The van der Waals surface area contributed by atoms with Gasteiger partial charge < -0.3 is 20.7 Å². The second kappa shape index (κ2) is 9.58. The number of ether oxygens (including phenoxy) is 1. The number of rotatable bonds is 7. The number of nitrogens with one attached hydrogen (secondary N) is 1. The maximum absolute atomic E-state index is 13.9. The maximum atomic E-state index is 13.9. The number of anilines is 3. The van der Waals surface area contributed by atoms with E-state index in [2.05, 4.69) is 49.8 Å². The summed E-state index contributed by atoms with van der Waals surface area (Å²) >= 11 is 2.15. The van der Waals surface area contributed by atoms with Crippen LogP contribution in [0.5, 0.6) is 5.75 Å². The standard InChI is InChI=1S/C25H29FIN5O/c1-32-12-15-2-3-16(13-32)19(15)6-7-33-24-10-23-20(9-22(24)28)25(30-14-29-23)31-18-4-5-21(26)17(8-18)11-27/h4-5,8-10,14-16,19H,2-3,6-7,11-13,28H2,1H3,(H,29,30,31). The number of benzene rings is 2. The first-order valence-electron chi connectivity index (χ1n) is 11.5. The van der Waals surface area contributed by atoms with E-state index in [-0.39, 0.29) is 5.82 Å². The van der Waals surface area contributed by atoms with Crippen LogP contribution in [0.25, 0.3) is 10.9 Å². The molecule has 2 aliphatic rings. The third-order valence-corrected chi connectivity index (χ3v) is 7.96. The number of nitrogens with zero attached hydrogens (tertiary/aromatic N) is 3. The first-order chi connectivity index (χ1) is 16.0. The molecule has 1 aromatic heterocycles. The van der Waals surface area contributed by atoms with Crippen LogP contribution in [0.4, 0.5) is 21.6 Å². The first kappa shape index (κ1) is 22.6. The van der Waals surface area contributed by atoms with Gasteiger partial charge in [0.25, 0.3) is 0 Å². The average molecular weight is 561 g/mol. The highest BCUT2D eigenvalue weighted by Crippen LogP contribution is 2.43. The molecule has 2 fully saturated rings. The monoisotopic (exact) mass is 561 g/mol. The molecule has 3 N–H and O–H groups in total. The highest BCUT2D eigenvalue weighted by Gasteiger charge is 2.40. The first-order valence-corrected chi connectivity index (χ1v) is 13.0. The third kappa shape index (κ3) is 4.73. The summed E-state index contributed by atoms with van der Waals surface area (Å²) in [4.78, 5) is 11.3. The van der Waals surface area contributed by atoms with Crippen molar-refractivity contribution in [3.05, 3.63) is 48.0 Å². The number of aromatic nitrogens is 2. The van der Waals surface area contributed by atoms with Gasteiger partial charge in [0.2, 0.25) is 0 Å². The fourth-order valence-electron chi connectivity index (χ4n) is 5.56. The van der Waals surface area contributed by atoms with Gasteiger partial charge in [0.1, 0.15) is 23.7 Å².